The van der Waals surface area contributed by atoms with Gasteiger partial charge < -0.3 is 30.2 Å². The van der Waals surface area contributed by atoms with E-state index in [4.69, 9.17) is 19.9 Å². The molecule has 0 bridgehead atoms. The number of benzene rings is 2. The summed E-state index contributed by atoms with van der Waals surface area (Å²) in [5.74, 6) is 2.38. The fraction of sp³-hybridized carbons (Fsp3) is 0.300. The lowest BCUT2D eigenvalue weighted by Gasteiger charge is -2.22. The van der Waals surface area contributed by atoms with Gasteiger partial charge in [-0.2, -0.15) is 0 Å². The van der Waals surface area contributed by atoms with Crippen molar-refractivity contribution in [3.63, 3.8) is 0 Å². The van der Waals surface area contributed by atoms with Crippen LogP contribution >= 0.6 is 0 Å². The van der Waals surface area contributed by atoms with Crippen molar-refractivity contribution in [3.8, 4) is 17.2 Å². The van der Waals surface area contributed by atoms with Gasteiger partial charge in [-0.3, -0.25) is 9.79 Å². The van der Waals surface area contributed by atoms with Gasteiger partial charge in [0.1, 0.15) is 5.75 Å². The Hall–Kier alpha value is -3.42. The lowest BCUT2D eigenvalue weighted by molar-refractivity contribution is -0.119. The Morgan fingerprint density at radius 1 is 1.21 bits per heavy atom. The molecule has 8 nitrogen and oxygen atoms in total. The predicted molar refractivity (Wildman–Crippen MR) is 105 cm³/mol. The van der Waals surface area contributed by atoms with E-state index in [1.54, 1.807) is 13.1 Å². The molecule has 2 aromatic carbocycles. The number of ether oxygens (including phenoxy) is 3. The summed E-state index contributed by atoms with van der Waals surface area (Å²) in [4.78, 5) is 17.2. The first-order chi connectivity index (χ1) is 13.5. The number of hydrogen-bond acceptors (Lipinski definition) is 5. The van der Waals surface area contributed by atoms with Crippen LogP contribution in [0.2, 0.25) is 0 Å². The van der Waals surface area contributed by atoms with E-state index in [2.05, 4.69) is 10.3 Å². The number of amides is 1. The van der Waals surface area contributed by atoms with E-state index in [1.807, 2.05) is 48.3 Å². The molecule has 0 atom stereocenters. The molecular formula is C20H24N4O4. The topological polar surface area (TPSA) is 98.4 Å². The number of guanidine groups is 1. The summed E-state index contributed by atoms with van der Waals surface area (Å²) in [6, 6.07) is 13.4. The molecule has 0 saturated heterocycles. The highest BCUT2D eigenvalue weighted by Crippen LogP contribution is 2.32. The zero-order chi connectivity index (χ0) is 19.9. The molecule has 0 unspecified atom stereocenters. The van der Waals surface area contributed by atoms with Gasteiger partial charge in [-0.25, -0.2) is 0 Å². The van der Waals surface area contributed by atoms with Gasteiger partial charge >= 0.3 is 0 Å². The Morgan fingerprint density at radius 2 is 2.04 bits per heavy atom. The van der Waals surface area contributed by atoms with Crippen LogP contribution < -0.4 is 25.3 Å². The van der Waals surface area contributed by atoms with Crippen molar-refractivity contribution in [3.05, 3.63) is 53.6 Å². The number of fused-ring (bicyclic) bond motifs is 1. The molecule has 3 N–H and O–H groups in total. The molecule has 0 fully saturated rings. The molecule has 1 aliphatic rings. The normalized spacial score (nSPS) is 12.6. The summed E-state index contributed by atoms with van der Waals surface area (Å²) < 4.78 is 16.1. The zero-order valence-corrected chi connectivity index (χ0v) is 16.0. The monoisotopic (exact) mass is 384 g/mol. The minimum absolute atomic E-state index is 0.142. The van der Waals surface area contributed by atoms with Gasteiger partial charge in [0.05, 0.1) is 0 Å². The van der Waals surface area contributed by atoms with E-state index in [9.17, 15) is 4.79 Å². The SMILES string of the molecule is CN=C(NCc1cccc(OCC(N)=O)c1)N(C)Cc1ccc2c(c1)OCO2. The van der Waals surface area contributed by atoms with Gasteiger partial charge in [-0.15, -0.1) is 0 Å². The lowest BCUT2D eigenvalue weighted by Crippen LogP contribution is -2.38. The van der Waals surface area contributed by atoms with Crippen LogP contribution in [0, 0.1) is 0 Å². The third-order valence-corrected chi connectivity index (χ3v) is 4.16. The summed E-state index contributed by atoms with van der Waals surface area (Å²) in [6.07, 6.45) is 0. The molecule has 1 heterocycles. The van der Waals surface area contributed by atoms with Crippen molar-refractivity contribution in [1.82, 2.24) is 10.2 Å². The number of hydrogen-bond donors (Lipinski definition) is 2. The molecule has 148 valence electrons. The fourth-order valence-corrected chi connectivity index (χ4v) is 2.85. The first-order valence-electron chi connectivity index (χ1n) is 8.85. The van der Waals surface area contributed by atoms with Crippen LogP contribution in [0.4, 0.5) is 0 Å². The molecule has 0 aliphatic carbocycles. The minimum Gasteiger partial charge on any atom is -0.484 e. The maximum Gasteiger partial charge on any atom is 0.255 e. The molecule has 1 amide bonds. The van der Waals surface area contributed by atoms with Crippen LogP contribution in [0.3, 0.4) is 0 Å². The summed E-state index contributed by atoms with van der Waals surface area (Å²) in [5.41, 5.74) is 7.20. The number of primary amides is 1. The largest absolute Gasteiger partial charge is 0.484 e. The van der Waals surface area contributed by atoms with Crippen molar-refractivity contribution in [1.29, 1.82) is 0 Å². The number of aliphatic imine (C=N–C) groups is 1. The Labute approximate surface area is 163 Å². The van der Waals surface area contributed by atoms with Crippen molar-refractivity contribution in [2.45, 2.75) is 13.1 Å². The second-order valence-electron chi connectivity index (χ2n) is 6.35. The molecule has 2 aromatic rings. The summed E-state index contributed by atoms with van der Waals surface area (Å²) >= 11 is 0. The van der Waals surface area contributed by atoms with Crippen molar-refractivity contribution < 1.29 is 19.0 Å². The third-order valence-electron chi connectivity index (χ3n) is 4.16. The molecule has 1 aliphatic heterocycles. The third kappa shape index (κ3) is 5.06. The standard InChI is InChI=1S/C20H24N4O4/c1-22-20(23-10-14-4-3-5-16(8-14)26-12-19(21)25)24(2)11-15-6-7-17-18(9-15)28-13-27-17/h3-9H,10-13H2,1-2H3,(H2,21,25)(H,22,23). The highest BCUT2D eigenvalue weighted by molar-refractivity contribution is 5.79. The average molecular weight is 384 g/mol. The van der Waals surface area contributed by atoms with Gasteiger partial charge in [-0.05, 0) is 35.4 Å². The molecule has 0 spiro atoms. The van der Waals surface area contributed by atoms with Crippen LogP contribution in [0.15, 0.2) is 47.5 Å². The van der Waals surface area contributed by atoms with E-state index in [1.165, 1.54) is 0 Å². The molecule has 28 heavy (non-hydrogen) atoms. The van der Waals surface area contributed by atoms with E-state index in [0.29, 0.717) is 18.8 Å². The van der Waals surface area contributed by atoms with Crippen molar-refractivity contribution in [2.75, 3.05) is 27.5 Å². The van der Waals surface area contributed by atoms with Crippen LogP contribution in [-0.4, -0.2) is 44.3 Å². The molecular weight excluding hydrogens is 360 g/mol. The Bertz CT molecular complexity index is 869. The smallest absolute Gasteiger partial charge is 0.255 e. The van der Waals surface area contributed by atoms with Crippen molar-refractivity contribution in [2.24, 2.45) is 10.7 Å². The Balaban J connectivity index is 1.56. The van der Waals surface area contributed by atoms with Gasteiger partial charge in [-0.1, -0.05) is 18.2 Å². The van der Waals surface area contributed by atoms with Gasteiger partial charge in [0, 0.05) is 27.2 Å². The number of rotatable bonds is 7. The van der Waals surface area contributed by atoms with E-state index < -0.39 is 5.91 Å². The number of nitrogens with one attached hydrogen (secondary N) is 1. The number of carbonyl (C=O) groups is 1. The first kappa shape index (κ1) is 19.3. The van der Waals surface area contributed by atoms with Crippen LogP contribution in [0.25, 0.3) is 0 Å². The van der Waals surface area contributed by atoms with E-state index in [0.717, 1.165) is 28.6 Å². The lowest BCUT2D eigenvalue weighted by atomic mass is 10.2. The second kappa shape index (κ2) is 8.98. The summed E-state index contributed by atoms with van der Waals surface area (Å²) in [7, 11) is 3.71. The molecule has 8 heteroatoms. The van der Waals surface area contributed by atoms with Crippen LogP contribution in [0.1, 0.15) is 11.1 Å². The van der Waals surface area contributed by atoms with Crippen LogP contribution in [-0.2, 0) is 17.9 Å². The molecule has 3 rings (SSSR count). The predicted octanol–water partition coefficient (Wildman–Crippen LogP) is 1.49. The summed E-state index contributed by atoms with van der Waals surface area (Å²) in [5, 5.41) is 3.32. The Morgan fingerprint density at radius 3 is 2.82 bits per heavy atom. The Kier molecular flexibility index (Phi) is 6.21. The fourth-order valence-electron chi connectivity index (χ4n) is 2.85. The van der Waals surface area contributed by atoms with Crippen LogP contribution in [0.5, 0.6) is 17.2 Å². The number of nitrogens with two attached hydrogens (primary N) is 1. The quantitative estimate of drug-likeness (QED) is 0.554. The van der Waals surface area contributed by atoms with Crippen molar-refractivity contribution >= 4 is 11.9 Å². The highest BCUT2D eigenvalue weighted by Gasteiger charge is 2.14. The number of carbonyl (C=O) groups excluding carboxylic acids is 1. The molecule has 0 radical (unpaired) electrons. The molecule has 0 aromatic heterocycles. The van der Waals surface area contributed by atoms with Gasteiger partial charge in [0.25, 0.3) is 5.91 Å². The van der Waals surface area contributed by atoms with Gasteiger partial charge in [0.2, 0.25) is 6.79 Å². The minimum atomic E-state index is -0.505. The molecule has 0 saturated carbocycles. The average Bonchev–Trinajstić information content (AvgIpc) is 3.15. The summed E-state index contributed by atoms with van der Waals surface area (Å²) in [6.45, 7) is 1.35. The zero-order valence-electron chi connectivity index (χ0n) is 16.0. The van der Waals surface area contributed by atoms with E-state index >= 15 is 0 Å². The highest BCUT2D eigenvalue weighted by atomic mass is 16.7. The second-order valence-corrected chi connectivity index (χ2v) is 6.35. The van der Waals surface area contributed by atoms with Gasteiger partial charge in [0.15, 0.2) is 24.1 Å². The van der Waals surface area contributed by atoms with E-state index in [-0.39, 0.29) is 13.4 Å². The number of nitrogens with zero attached hydrogens (tertiary/aromatic N) is 2. The first-order valence-corrected chi connectivity index (χ1v) is 8.85. The maximum absolute atomic E-state index is 10.8. The maximum atomic E-state index is 10.8.